The number of fused-ring (bicyclic) bond motifs is 2. The number of quaternary nitrogens is 1. The molecule has 2 aromatic carbocycles. The van der Waals surface area contributed by atoms with E-state index in [1.807, 2.05) is 0 Å². The zero-order valence-electron chi connectivity index (χ0n) is 19.4. The maximum atomic E-state index is 13.9. The minimum atomic E-state index is -1.72. The summed E-state index contributed by atoms with van der Waals surface area (Å²) in [6, 6.07) is 13.4. The molecule has 2 saturated heterocycles. The number of halogens is 1. The topological polar surface area (TPSA) is 91.6 Å². The predicted octanol–water partition coefficient (Wildman–Crippen LogP) is 1.20. The van der Waals surface area contributed by atoms with Crippen LogP contribution in [0.5, 0.6) is 0 Å². The molecule has 1 unspecified atom stereocenters. The van der Waals surface area contributed by atoms with E-state index in [0.29, 0.717) is 41.5 Å². The van der Waals surface area contributed by atoms with Crippen LogP contribution in [0, 0.1) is 0 Å². The van der Waals surface area contributed by atoms with E-state index in [2.05, 4.69) is 0 Å². The lowest BCUT2D eigenvalue weighted by atomic mass is 9.82. The smallest absolute Gasteiger partial charge is 0.296 e. The Morgan fingerprint density at radius 2 is 1.77 bits per heavy atom. The summed E-state index contributed by atoms with van der Waals surface area (Å²) >= 11 is 6.00. The van der Waals surface area contributed by atoms with Crippen LogP contribution in [0.15, 0.2) is 54.1 Å². The van der Waals surface area contributed by atoms with Gasteiger partial charge in [0.25, 0.3) is 17.6 Å². The Bertz CT molecular complexity index is 1220. The van der Waals surface area contributed by atoms with Crippen LogP contribution >= 0.6 is 11.6 Å². The first-order valence-corrected chi connectivity index (χ1v) is 12.1. The number of likely N-dealkylation sites (N-methyl/N-ethyl adjacent to an activating group) is 1. The maximum Gasteiger partial charge on any atom is 0.296 e. The van der Waals surface area contributed by atoms with Crippen molar-refractivity contribution in [1.29, 1.82) is 0 Å². The van der Waals surface area contributed by atoms with Gasteiger partial charge in [0, 0.05) is 41.9 Å². The highest BCUT2D eigenvalue weighted by Crippen LogP contribution is 2.53. The van der Waals surface area contributed by atoms with Crippen molar-refractivity contribution in [2.45, 2.75) is 12.0 Å². The molecule has 2 aromatic rings. The number of anilines is 1. The fourth-order valence-electron chi connectivity index (χ4n) is 5.42. The van der Waals surface area contributed by atoms with Crippen molar-refractivity contribution in [3.05, 3.63) is 70.3 Å². The van der Waals surface area contributed by atoms with Crippen LogP contribution in [-0.2, 0) is 24.7 Å². The normalized spacial score (nSPS) is 24.0. The van der Waals surface area contributed by atoms with Gasteiger partial charge in [0.05, 0.1) is 25.3 Å². The van der Waals surface area contributed by atoms with Crippen LogP contribution in [-0.4, -0.2) is 74.0 Å². The standard InChI is InChI=1S/C26H26ClN3O5/c1-28-20-6-3-2-5-19(20)26(25(28)34)21(22(31)17-7-9-18(27)10-8-17)23(32)24(33)30(26)12-4-11-29-13-15-35-16-14-29/h2-3,5-10,31H,4,11-16H2,1H3/p+1. The third kappa shape index (κ3) is 3.64. The van der Waals surface area contributed by atoms with Crippen LogP contribution in [0.4, 0.5) is 5.69 Å². The van der Waals surface area contributed by atoms with Gasteiger partial charge in [-0.2, -0.15) is 0 Å². The summed E-state index contributed by atoms with van der Waals surface area (Å²) in [6.45, 7) is 4.14. The molecule has 2 amide bonds. The lowest BCUT2D eigenvalue weighted by Gasteiger charge is -2.34. The van der Waals surface area contributed by atoms with E-state index in [1.165, 1.54) is 14.7 Å². The summed E-state index contributed by atoms with van der Waals surface area (Å²) in [5.74, 6) is -2.47. The first-order chi connectivity index (χ1) is 16.9. The summed E-state index contributed by atoms with van der Waals surface area (Å²) in [7, 11) is 1.62. The number of hydrogen-bond acceptors (Lipinski definition) is 5. The third-order valence-electron chi connectivity index (χ3n) is 7.17. The molecule has 35 heavy (non-hydrogen) atoms. The van der Waals surface area contributed by atoms with E-state index in [-0.39, 0.29) is 17.9 Å². The van der Waals surface area contributed by atoms with Gasteiger partial charge in [0.2, 0.25) is 0 Å². The van der Waals surface area contributed by atoms with Gasteiger partial charge in [-0.05, 0) is 30.3 Å². The fraction of sp³-hybridized carbons (Fsp3) is 0.346. The van der Waals surface area contributed by atoms with Gasteiger partial charge in [-0.25, -0.2) is 0 Å². The summed E-state index contributed by atoms with van der Waals surface area (Å²) in [6.07, 6.45) is 0.601. The number of ether oxygens (including phenoxy) is 1. The van der Waals surface area contributed by atoms with E-state index >= 15 is 0 Å². The number of carbonyl (C=O) groups is 3. The van der Waals surface area contributed by atoms with E-state index < -0.39 is 23.1 Å². The number of para-hydroxylation sites is 1. The quantitative estimate of drug-likeness (QED) is 0.369. The molecular formula is C26H27ClN3O5+. The molecular weight excluding hydrogens is 470 g/mol. The number of benzene rings is 2. The lowest BCUT2D eigenvalue weighted by Crippen LogP contribution is -3.14. The van der Waals surface area contributed by atoms with Gasteiger partial charge >= 0.3 is 0 Å². The van der Waals surface area contributed by atoms with Crippen molar-refractivity contribution in [3.8, 4) is 0 Å². The average molecular weight is 497 g/mol. The van der Waals surface area contributed by atoms with Gasteiger partial charge in [-0.1, -0.05) is 29.8 Å². The van der Waals surface area contributed by atoms with Crippen LogP contribution in [0.2, 0.25) is 5.02 Å². The van der Waals surface area contributed by atoms with Crippen LogP contribution in [0.25, 0.3) is 5.76 Å². The second-order valence-corrected chi connectivity index (χ2v) is 9.51. The van der Waals surface area contributed by atoms with Crippen molar-refractivity contribution < 1.29 is 29.1 Å². The molecule has 3 heterocycles. The molecule has 0 aliphatic carbocycles. The summed E-state index contributed by atoms with van der Waals surface area (Å²) < 4.78 is 5.42. The molecule has 8 nitrogen and oxygen atoms in total. The Balaban J connectivity index is 1.63. The van der Waals surface area contributed by atoms with Crippen LogP contribution < -0.4 is 9.80 Å². The molecule has 1 atom stereocenters. The van der Waals surface area contributed by atoms with Crippen molar-refractivity contribution in [3.63, 3.8) is 0 Å². The summed E-state index contributed by atoms with van der Waals surface area (Å²) in [4.78, 5) is 45.0. The molecule has 3 aliphatic rings. The number of rotatable bonds is 5. The van der Waals surface area contributed by atoms with E-state index in [0.717, 1.165) is 19.6 Å². The summed E-state index contributed by atoms with van der Waals surface area (Å²) in [5.41, 5.74) is -0.496. The molecule has 5 rings (SSSR count). The van der Waals surface area contributed by atoms with Gasteiger partial charge in [-0.15, -0.1) is 0 Å². The van der Waals surface area contributed by atoms with Crippen molar-refractivity contribution >= 4 is 40.6 Å². The van der Waals surface area contributed by atoms with E-state index in [9.17, 15) is 19.5 Å². The number of hydrogen-bond donors (Lipinski definition) is 2. The van der Waals surface area contributed by atoms with Crippen molar-refractivity contribution in [1.82, 2.24) is 4.90 Å². The number of amides is 2. The highest BCUT2D eigenvalue weighted by molar-refractivity contribution is 6.50. The highest BCUT2D eigenvalue weighted by Gasteiger charge is 2.66. The summed E-state index contributed by atoms with van der Waals surface area (Å²) in [5, 5.41) is 11.8. The predicted molar refractivity (Wildman–Crippen MR) is 130 cm³/mol. The first kappa shape index (κ1) is 23.5. The average Bonchev–Trinajstić information content (AvgIpc) is 3.23. The van der Waals surface area contributed by atoms with E-state index in [1.54, 1.807) is 55.6 Å². The number of nitrogens with one attached hydrogen (secondary N) is 1. The van der Waals surface area contributed by atoms with Gasteiger partial charge in [-0.3, -0.25) is 14.4 Å². The van der Waals surface area contributed by atoms with E-state index in [4.69, 9.17) is 16.3 Å². The van der Waals surface area contributed by atoms with Gasteiger partial charge in [0.1, 0.15) is 18.8 Å². The molecule has 182 valence electrons. The first-order valence-electron chi connectivity index (χ1n) is 11.7. The Hall–Kier alpha value is -3.20. The minimum absolute atomic E-state index is 0.203. The van der Waals surface area contributed by atoms with Crippen LogP contribution in [0.1, 0.15) is 17.5 Å². The van der Waals surface area contributed by atoms with Gasteiger partial charge in [0.15, 0.2) is 5.54 Å². The molecule has 2 fully saturated rings. The molecule has 1 spiro atoms. The number of carbonyl (C=O) groups excluding carboxylic acids is 3. The third-order valence-corrected chi connectivity index (χ3v) is 7.42. The zero-order chi connectivity index (χ0) is 24.7. The number of aliphatic hydroxyl groups excluding tert-OH is 1. The molecule has 2 N–H and O–H groups in total. The number of nitrogens with zero attached hydrogens (tertiary/aromatic N) is 2. The molecule has 0 radical (unpaired) electrons. The molecule has 0 aromatic heterocycles. The van der Waals surface area contributed by atoms with Crippen molar-refractivity contribution in [2.75, 3.05) is 51.3 Å². The molecule has 9 heteroatoms. The highest BCUT2D eigenvalue weighted by atomic mass is 35.5. The Kier molecular flexibility index (Phi) is 6.13. The monoisotopic (exact) mass is 496 g/mol. The second-order valence-electron chi connectivity index (χ2n) is 9.07. The fourth-order valence-corrected chi connectivity index (χ4v) is 5.55. The SMILES string of the molecule is CN1C(=O)C2(C(=C(O)c3ccc(Cl)cc3)C(=O)C(=O)N2CCC[NH+]2CCOCC2)c2ccccc21. The Morgan fingerprint density at radius 3 is 2.49 bits per heavy atom. The van der Waals surface area contributed by atoms with Crippen molar-refractivity contribution in [2.24, 2.45) is 0 Å². The Labute approximate surface area is 208 Å². The largest absolute Gasteiger partial charge is 0.507 e. The Morgan fingerprint density at radius 1 is 1.09 bits per heavy atom. The lowest BCUT2D eigenvalue weighted by molar-refractivity contribution is -0.908. The van der Waals surface area contributed by atoms with Crippen LogP contribution in [0.3, 0.4) is 0 Å². The number of aliphatic hydroxyl groups is 1. The van der Waals surface area contributed by atoms with Gasteiger partial charge < -0.3 is 24.5 Å². The minimum Gasteiger partial charge on any atom is -0.507 e. The number of likely N-dealkylation sites (tertiary alicyclic amines) is 1. The molecule has 3 aliphatic heterocycles. The second kappa shape index (κ2) is 9.11. The number of ketones is 1. The number of Topliss-reactive ketones (excluding diaryl/α,β-unsaturated/α-hetero) is 1. The molecule has 0 saturated carbocycles. The number of morpholine rings is 1. The zero-order valence-corrected chi connectivity index (χ0v) is 20.2. The maximum absolute atomic E-state index is 13.9. The molecule has 0 bridgehead atoms.